The number of hydrogen-bond acceptors (Lipinski definition) is 2. The van der Waals surface area contributed by atoms with Crippen molar-refractivity contribution < 1.29 is 4.79 Å². The van der Waals surface area contributed by atoms with Crippen molar-refractivity contribution in [1.29, 1.82) is 5.41 Å². The summed E-state index contributed by atoms with van der Waals surface area (Å²) in [6.07, 6.45) is 3.76. The predicted octanol–water partition coefficient (Wildman–Crippen LogP) is 0.526. The Hall–Kier alpha value is -0.660. The normalized spacial score (nSPS) is 7.33. The van der Waals surface area contributed by atoms with E-state index in [0.717, 1.165) is 0 Å². The molecule has 0 saturated heterocycles. The second kappa shape index (κ2) is 4.34. The van der Waals surface area contributed by atoms with Gasteiger partial charge in [-0.1, -0.05) is 0 Å². The smallest absolute Gasteiger partial charge is 0.198 e. The molecule has 0 bridgehead atoms. The molecule has 0 amide bonds. The Morgan fingerprint density at radius 3 is 2.67 bits per heavy atom. The van der Waals surface area contributed by atoms with Gasteiger partial charge in [0.1, 0.15) is 0 Å². The third-order valence-electron chi connectivity index (χ3n) is 0.391. The molecule has 1 radical (unpaired) electrons. The summed E-state index contributed by atoms with van der Waals surface area (Å²) in [5, 5.41) is 6.40. The second-order valence-corrected chi connectivity index (χ2v) is 0.887. The zero-order chi connectivity index (χ0) is 4.83. The fourth-order valence-corrected chi connectivity index (χ4v) is 0.131. The minimum absolute atomic E-state index is 0.365. The van der Waals surface area contributed by atoms with Crippen molar-refractivity contribution in [2.75, 3.05) is 0 Å². The minimum atomic E-state index is 0.365. The Bertz CT molecular complexity index is 43.5. The van der Waals surface area contributed by atoms with E-state index in [1.807, 2.05) is 0 Å². The fourth-order valence-electron chi connectivity index (χ4n) is 0.131. The van der Waals surface area contributed by atoms with Crippen LogP contribution in [0, 0.1) is 5.41 Å². The average Bonchev–Trinajstić information content (AvgIpc) is 1.61. The van der Waals surface area contributed by atoms with Crippen molar-refractivity contribution in [1.82, 2.24) is 0 Å². The lowest BCUT2D eigenvalue weighted by molar-refractivity contribution is 0.552. The quantitative estimate of drug-likeness (QED) is 0.393. The summed E-state index contributed by atoms with van der Waals surface area (Å²) in [6, 6.07) is 0. The number of nitrogens with one attached hydrogen (secondary N) is 1. The first-order valence-electron chi connectivity index (χ1n) is 1.75. The number of hydrogen-bond donors (Lipinski definition) is 1. The van der Waals surface area contributed by atoms with Crippen LogP contribution < -0.4 is 0 Å². The summed E-state index contributed by atoms with van der Waals surface area (Å²) in [7, 11) is 0. The molecule has 0 aromatic heterocycles. The predicted molar refractivity (Wildman–Crippen MR) is 23.7 cm³/mol. The van der Waals surface area contributed by atoms with Crippen LogP contribution in [0.15, 0.2) is 0 Å². The van der Waals surface area contributed by atoms with Crippen molar-refractivity contribution >= 4 is 12.5 Å². The monoisotopic (exact) mass is 84.0 g/mol. The van der Waals surface area contributed by atoms with Crippen LogP contribution in [-0.4, -0.2) is 12.5 Å². The van der Waals surface area contributed by atoms with Crippen LogP contribution in [0.3, 0.4) is 0 Å². The molecule has 2 nitrogen and oxygen atoms in total. The summed E-state index contributed by atoms with van der Waals surface area (Å²) in [5.74, 6) is 0. The van der Waals surface area contributed by atoms with E-state index in [2.05, 4.69) is 0 Å². The Kier molecular flexibility index (Phi) is 3.86. The maximum atomic E-state index is 9.34. The van der Waals surface area contributed by atoms with Gasteiger partial charge < -0.3 is 5.41 Å². The van der Waals surface area contributed by atoms with E-state index in [9.17, 15) is 4.79 Å². The van der Waals surface area contributed by atoms with Gasteiger partial charge in [0.2, 0.25) is 0 Å². The Labute approximate surface area is 36.7 Å². The van der Waals surface area contributed by atoms with Gasteiger partial charge in [-0.15, -0.1) is 0 Å². The van der Waals surface area contributed by atoms with Crippen molar-refractivity contribution in [3.63, 3.8) is 0 Å². The van der Waals surface area contributed by atoms with E-state index < -0.39 is 0 Å². The van der Waals surface area contributed by atoms with Gasteiger partial charge in [0.05, 0.1) is 0 Å². The summed E-state index contributed by atoms with van der Waals surface area (Å²) in [6.45, 7) is 0. The van der Waals surface area contributed by atoms with Crippen molar-refractivity contribution in [3.8, 4) is 0 Å². The highest BCUT2D eigenvalue weighted by atomic mass is 16.1. The standard InChI is InChI=1S/C4H6NO/c5-3-1-2-4-6/h3,5H,1-2H2. The third-order valence-corrected chi connectivity index (χ3v) is 0.391. The third kappa shape index (κ3) is 3.34. The first kappa shape index (κ1) is 5.34. The van der Waals surface area contributed by atoms with Gasteiger partial charge in [-0.05, 0) is 12.6 Å². The van der Waals surface area contributed by atoms with Crippen molar-refractivity contribution in [3.05, 3.63) is 0 Å². The molecular weight excluding hydrogens is 78.0 g/mol. The van der Waals surface area contributed by atoms with Crippen LogP contribution in [-0.2, 0) is 4.79 Å². The van der Waals surface area contributed by atoms with Crippen LogP contribution >= 0.6 is 0 Å². The molecule has 0 aliphatic carbocycles. The SMILES string of the molecule is N=CCC[C]=O. The van der Waals surface area contributed by atoms with Gasteiger partial charge in [0, 0.05) is 6.42 Å². The van der Waals surface area contributed by atoms with E-state index in [1.54, 1.807) is 6.29 Å². The number of rotatable bonds is 3. The molecule has 0 heterocycles. The maximum absolute atomic E-state index is 9.34. The lowest BCUT2D eigenvalue weighted by atomic mass is 10.4. The maximum Gasteiger partial charge on any atom is 0.198 e. The zero-order valence-corrected chi connectivity index (χ0v) is 3.40. The largest absolute Gasteiger partial charge is 0.313 e. The highest BCUT2D eigenvalue weighted by Crippen LogP contribution is 1.73. The summed E-state index contributed by atoms with van der Waals surface area (Å²) < 4.78 is 0. The van der Waals surface area contributed by atoms with E-state index >= 15 is 0 Å². The van der Waals surface area contributed by atoms with Crippen molar-refractivity contribution in [2.45, 2.75) is 12.8 Å². The molecule has 0 rings (SSSR count). The van der Waals surface area contributed by atoms with Crippen molar-refractivity contribution in [2.24, 2.45) is 0 Å². The molecule has 0 aliphatic heterocycles. The molecule has 0 aromatic rings. The van der Waals surface area contributed by atoms with Crippen LogP contribution in [0.5, 0.6) is 0 Å². The van der Waals surface area contributed by atoms with Gasteiger partial charge in [0.25, 0.3) is 0 Å². The Morgan fingerprint density at radius 2 is 2.50 bits per heavy atom. The summed E-state index contributed by atoms with van der Waals surface area (Å²) in [4.78, 5) is 9.34. The molecule has 0 aliphatic rings. The second-order valence-electron chi connectivity index (χ2n) is 0.887. The molecule has 33 valence electrons. The van der Waals surface area contributed by atoms with E-state index in [4.69, 9.17) is 5.41 Å². The first-order valence-corrected chi connectivity index (χ1v) is 1.75. The van der Waals surface area contributed by atoms with E-state index in [-0.39, 0.29) is 0 Å². The zero-order valence-electron chi connectivity index (χ0n) is 3.40. The molecular formula is C4H6NO. The van der Waals surface area contributed by atoms with Gasteiger partial charge in [0.15, 0.2) is 6.29 Å². The topological polar surface area (TPSA) is 40.9 Å². The highest BCUT2D eigenvalue weighted by Gasteiger charge is 1.73. The van der Waals surface area contributed by atoms with Gasteiger partial charge in [-0.25, -0.2) is 0 Å². The minimum Gasteiger partial charge on any atom is -0.313 e. The Morgan fingerprint density at radius 1 is 1.83 bits per heavy atom. The lowest BCUT2D eigenvalue weighted by Gasteiger charge is -1.70. The van der Waals surface area contributed by atoms with E-state index in [1.165, 1.54) is 6.21 Å². The van der Waals surface area contributed by atoms with Crippen LogP contribution in [0.25, 0.3) is 0 Å². The molecule has 0 unspecified atom stereocenters. The molecule has 0 saturated carbocycles. The molecule has 0 spiro atoms. The summed E-state index contributed by atoms with van der Waals surface area (Å²) in [5.41, 5.74) is 0. The Balaban J connectivity index is 2.66. The highest BCUT2D eigenvalue weighted by molar-refractivity contribution is 5.60. The van der Waals surface area contributed by atoms with Gasteiger partial charge in [-0.2, -0.15) is 0 Å². The average molecular weight is 84.1 g/mol. The van der Waals surface area contributed by atoms with Crippen LogP contribution in [0.4, 0.5) is 0 Å². The lowest BCUT2D eigenvalue weighted by Crippen LogP contribution is -1.72. The first-order chi connectivity index (χ1) is 2.91. The van der Waals surface area contributed by atoms with E-state index in [0.29, 0.717) is 12.8 Å². The molecule has 0 aromatic carbocycles. The molecule has 0 fully saturated rings. The number of unbranched alkanes of at least 4 members (excludes halogenated alkanes) is 1. The fraction of sp³-hybridized carbons (Fsp3) is 0.500. The van der Waals surface area contributed by atoms with Gasteiger partial charge >= 0.3 is 0 Å². The van der Waals surface area contributed by atoms with Crippen LogP contribution in [0.1, 0.15) is 12.8 Å². The summed E-state index contributed by atoms with van der Waals surface area (Å²) >= 11 is 0. The van der Waals surface area contributed by atoms with Gasteiger partial charge in [-0.3, -0.25) is 4.79 Å². The molecule has 6 heavy (non-hydrogen) atoms. The number of carbonyl (C=O) groups excluding carboxylic acids is 1. The molecule has 0 atom stereocenters. The van der Waals surface area contributed by atoms with Crippen LogP contribution in [0.2, 0.25) is 0 Å². The molecule has 1 N–H and O–H groups in total. The molecule has 2 heteroatoms.